The maximum Gasteiger partial charge on any atom is 0.320 e. The Bertz CT molecular complexity index is 474. The number of thioether (sulfide) groups is 3. The van der Waals surface area contributed by atoms with Crippen LogP contribution in [0.15, 0.2) is 0 Å². The first-order valence-electron chi connectivity index (χ1n) is 9.59. The van der Waals surface area contributed by atoms with E-state index in [9.17, 15) is 19.2 Å². The molecule has 0 saturated carbocycles. The summed E-state index contributed by atoms with van der Waals surface area (Å²) < 4.78 is 0. The first-order valence-corrected chi connectivity index (χ1v) is 13.8. The van der Waals surface area contributed by atoms with Gasteiger partial charge in [-0.3, -0.25) is 19.2 Å². The number of hydrogen-bond acceptors (Lipinski definition) is 11. The molecule has 0 aliphatic heterocycles. The Balaban J connectivity index is -0.000000172. The summed E-state index contributed by atoms with van der Waals surface area (Å²) in [5.74, 6) is -1.26. The van der Waals surface area contributed by atoms with Crippen molar-refractivity contribution in [3.8, 4) is 0 Å². The molecule has 0 amide bonds. The summed E-state index contributed by atoms with van der Waals surface area (Å²) in [6, 6.07) is -2.78. The van der Waals surface area contributed by atoms with Crippen molar-refractivity contribution in [1.29, 1.82) is 0 Å². The zero-order valence-corrected chi connectivity index (χ0v) is 22.0. The van der Waals surface area contributed by atoms with E-state index in [0.717, 1.165) is 17.3 Å². The summed E-state index contributed by atoms with van der Waals surface area (Å²) in [5, 5.41) is 32.7. The highest BCUT2D eigenvalue weighted by Gasteiger charge is 2.10. The lowest BCUT2D eigenvalue weighted by molar-refractivity contribution is -0.139. The lowest BCUT2D eigenvalue weighted by atomic mass is 10.2. The number of aliphatic carboxylic acids is 4. The second kappa shape index (κ2) is 27.0. The Labute approximate surface area is 208 Å². The van der Waals surface area contributed by atoms with Crippen LogP contribution in [0.5, 0.6) is 0 Å². The standard InChI is InChI=1S/3C5H11NO2S.C3H7NO2/c3*1-9-3-2-4(6)5(7)8;1-2(4)3(5)6/h3*4H,2-3,6H2,1H3,(H,7,8);2H,4H2,1H3,(H,5,6). The van der Waals surface area contributed by atoms with Gasteiger partial charge in [0.15, 0.2) is 0 Å². The van der Waals surface area contributed by atoms with E-state index in [1.807, 2.05) is 18.8 Å². The van der Waals surface area contributed by atoms with Crippen molar-refractivity contribution in [1.82, 2.24) is 0 Å². The van der Waals surface area contributed by atoms with E-state index in [1.54, 1.807) is 35.3 Å². The summed E-state index contributed by atoms with van der Waals surface area (Å²) in [5.41, 5.74) is 20.4. The molecule has 0 heterocycles. The van der Waals surface area contributed by atoms with Crippen molar-refractivity contribution >= 4 is 59.2 Å². The van der Waals surface area contributed by atoms with Gasteiger partial charge in [0.2, 0.25) is 0 Å². The summed E-state index contributed by atoms with van der Waals surface area (Å²) in [4.78, 5) is 39.8. The van der Waals surface area contributed by atoms with Crippen molar-refractivity contribution in [3.05, 3.63) is 0 Å². The van der Waals surface area contributed by atoms with Crippen molar-refractivity contribution in [3.63, 3.8) is 0 Å². The molecule has 0 spiro atoms. The molecule has 12 nitrogen and oxygen atoms in total. The van der Waals surface area contributed by atoms with E-state index < -0.39 is 48.0 Å². The third-order valence-electron chi connectivity index (χ3n) is 3.24. The molecule has 33 heavy (non-hydrogen) atoms. The van der Waals surface area contributed by atoms with Gasteiger partial charge in [0, 0.05) is 0 Å². The van der Waals surface area contributed by atoms with Gasteiger partial charge in [0.25, 0.3) is 0 Å². The normalized spacial score (nSPS) is 13.2. The summed E-state index contributed by atoms with van der Waals surface area (Å²) >= 11 is 4.81. The predicted octanol–water partition coefficient (Wildman–Crippen LogP) is -0.128. The summed E-state index contributed by atoms with van der Waals surface area (Å²) in [6.45, 7) is 1.42. The minimum atomic E-state index is -0.963. The van der Waals surface area contributed by atoms with Crippen molar-refractivity contribution < 1.29 is 39.6 Å². The van der Waals surface area contributed by atoms with Crippen LogP contribution in [0.4, 0.5) is 0 Å². The molecule has 0 aromatic heterocycles. The average Bonchev–Trinajstić information content (AvgIpc) is 2.74. The zero-order valence-electron chi connectivity index (χ0n) is 19.5. The molecule has 15 heteroatoms. The number of carboxylic acid groups (broad SMARTS) is 4. The van der Waals surface area contributed by atoms with E-state index in [4.69, 9.17) is 43.4 Å². The predicted molar refractivity (Wildman–Crippen MR) is 137 cm³/mol. The van der Waals surface area contributed by atoms with Gasteiger partial charge in [-0.2, -0.15) is 35.3 Å². The summed E-state index contributed by atoms with van der Waals surface area (Å²) in [6.07, 6.45) is 7.43. The van der Waals surface area contributed by atoms with Gasteiger partial charge in [0.1, 0.15) is 24.2 Å². The van der Waals surface area contributed by atoms with Gasteiger partial charge in [-0.15, -0.1) is 0 Å². The molecule has 0 fully saturated rings. The van der Waals surface area contributed by atoms with Crippen LogP contribution in [0.3, 0.4) is 0 Å². The largest absolute Gasteiger partial charge is 0.480 e. The van der Waals surface area contributed by atoms with E-state index in [1.165, 1.54) is 6.92 Å². The molecule has 0 aromatic rings. The summed E-state index contributed by atoms with van der Waals surface area (Å²) in [7, 11) is 0. The van der Waals surface area contributed by atoms with Crippen LogP contribution >= 0.6 is 35.3 Å². The SMILES string of the molecule is CC(N)C(=O)O.CSCCC(N)C(=O)O.CSCCC(N)C(=O)O.CSCCC(N)C(=O)O. The Kier molecular flexibility index (Phi) is 31.9. The molecule has 0 aliphatic carbocycles. The molecule has 0 bridgehead atoms. The maximum absolute atomic E-state index is 10.1. The zero-order chi connectivity index (χ0) is 27.0. The Hall–Kier alpha value is -1.23. The molecule has 0 rings (SSSR count). The fourth-order valence-electron chi connectivity index (χ4n) is 1.10. The highest BCUT2D eigenvalue weighted by molar-refractivity contribution is 7.98. The quantitative estimate of drug-likeness (QED) is 0.152. The van der Waals surface area contributed by atoms with Crippen LogP contribution in [0.25, 0.3) is 0 Å². The van der Waals surface area contributed by atoms with Crippen molar-refractivity contribution in [2.24, 2.45) is 22.9 Å². The first kappa shape index (κ1) is 39.0. The average molecular weight is 537 g/mol. The Morgan fingerprint density at radius 2 is 0.758 bits per heavy atom. The Morgan fingerprint density at radius 1 is 0.576 bits per heavy atom. The van der Waals surface area contributed by atoms with Crippen LogP contribution < -0.4 is 22.9 Å². The van der Waals surface area contributed by atoms with Crippen LogP contribution in [-0.4, -0.2) is 104 Å². The van der Waals surface area contributed by atoms with Crippen LogP contribution in [0.2, 0.25) is 0 Å². The van der Waals surface area contributed by atoms with Gasteiger partial charge in [-0.05, 0) is 62.2 Å². The highest BCUT2D eigenvalue weighted by atomic mass is 32.2. The second-order valence-electron chi connectivity index (χ2n) is 6.31. The lowest BCUT2D eigenvalue weighted by Gasteiger charge is -2.02. The van der Waals surface area contributed by atoms with E-state index >= 15 is 0 Å². The van der Waals surface area contributed by atoms with Crippen molar-refractivity contribution in [2.75, 3.05) is 36.0 Å². The fourth-order valence-corrected chi connectivity index (χ4v) is 2.57. The van der Waals surface area contributed by atoms with Gasteiger partial charge >= 0.3 is 23.9 Å². The molecule has 0 aromatic carbocycles. The smallest absolute Gasteiger partial charge is 0.320 e. The van der Waals surface area contributed by atoms with Gasteiger partial charge in [0.05, 0.1) is 0 Å². The number of rotatable bonds is 13. The third-order valence-corrected chi connectivity index (χ3v) is 5.17. The van der Waals surface area contributed by atoms with E-state index in [0.29, 0.717) is 19.3 Å². The molecule has 4 atom stereocenters. The minimum absolute atomic E-state index is 0.552. The van der Waals surface area contributed by atoms with E-state index in [2.05, 4.69) is 0 Å². The first-order chi connectivity index (χ1) is 15.2. The molecule has 198 valence electrons. The van der Waals surface area contributed by atoms with Gasteiger partial charge in [-0.1, -0.05) is 0 Å². The Morgan fingerprint density at radius 3 is 0.848 bits per heavy atom. The monoisotopic (exact) mass is 536 g/mol. The van der Waals surface area contributed by atoms with Crippen LogP contribution in [0.1, 0.15) is 26.2 Å². The number of carboxylic acids is 4. The fraction of sp³-hybridized carbons (Fsp3) is 0.778. The maximum atomic E-state index is 10.1. The number of nitrogens with two attached hydrogens (primary N) is 4. The van der Waals surface area contributed by atoms with Crippen LogP contribution in [0, 0.1) is 0 Å². The van der Waals surface area contributed by atoms with Crippen molar-refractivity contribution in [2.45, 2.75) is 50.4 Å². The second-order valence-corrected chi connectivity index (χ2v) is 9.26. The van der Waals surface area contributed by atoms with E-state index in [-0.39, 0.29) is 0 Å². The molecule has 4 unspecified atom stereocenters. The van der Waals surface area contributed by atoms with Gasteiger partial charge in [-0.25, -0.2) is 0 Å². The minimum Gasteiger partial charge on any atom is -0.480 e. The number of hydrogen-bond donors (Lipinski definition) is 8. The molecular weight excluding hydrogens is 496 g/mol. The van der Waals surface area contributed by atoms with Crippen LogP contribution in [-0.2, 0) is 19.2 Å². The highest BCUT2D eigenvalue weighted by Crippen LogP contribution is 1.99. The molecule has 0 saturated heterocycles. The molecule has 0 aliphatic rings. The topological polar surface area (TPSA) is 253 Å². The number of carbonyl (C=O) groups is 4. The molecule has 0 radical (unpaired) electrons. The lowest BCUT2D eigenvalue weighted by Crippen LogP contribution is -2.30. The molecule has 12 N–H and O–H groups in total. The van der Waals surface area contributed by atoms with Gasteiger partial charge < -0.3 is 43.4 Å². The third kappa shape index (κ3) is 35.5. The molecular formula is C18H40N4O8S3.